The first-order chi connectivity index (χ1) is 8.72. The summed E-state index contributed by atoms with van der Waals surface area (Å²) in [6, 6.07) is 6.97. The molecule has 0 atom stereocenters. The van der Waals surface area contributed by atoms with Gasteiger partial charge in [-0.05, 0) is 19.1 Å². The molecule has 1 heterocycles. The van der Waals surface area contributed by atoms with Crippen LogP contribution < -0.4 is 5.56 Å². The zero-order valence-corrected chi connectivity index (χ0v) is 10.00. The Balaban J connectivity index is 2.22. The lowest BCUT2D eigenvalue weighted by Crippen LogP contribution is -2.25. The van der Waals surface area contributed by atoms with Gasteiger partial charge in [0.2, 0.25) is 0 Å². The Bertz CT molecular complexity index is 621. The monoisotopic (exact) mass is 247 g/mol. The van der Waals surface area contributed by atoms with E-state index < -0.39 is 0 Å². The van der Waals surface area contributed by atoms with E-state index in [1.54, 1.807) is 31.2 Å². The molecule has 0 saturated carbocycles. The smallest absolute Gasteiger partial charge is 0.307 e. The summed E-state index contributed by atoms with van der Waals surface area (Å²) in [5.41, 5.74) is 0.305. The molecular formula is C12H13N3O3. The van der Waals surface area contributed by atoms with Crippen molar-refractivity contribution in [2.45, 2.75) is 19.9 Å². The summed E-state index contributed by atoms with van der Waals surface area (Å²) in [6.07, 6.45) is 0.112. The van der Waals surface area contributed by atoms with Crippen LogP contribution in [0.5, 0.6) is 0 Å². The number of aromatic nitrogens is 3. The van der Waals surface area contributed by atoms with E-state index in [0.717, 1.165) is 0 Å². The van der Waals surface area contributed by atoms with Crippen molar-refractivity contribution < 1.29 is 9.53 Å². The van der Waals surface area contributed by atoms with Crippen LogP contribution in [0.4, 0.5) is 0 Å². The predicted molar refractivity (Wildman–Crippen MR) is 65.0 cm³/mol. The van der Waals surface area contributed by atoms with Crippen molar-refractivity contribution in [3.05, 3.63) is 34.6 Å². The Morgan fingerprint density at radius 1 is 1.39 bits per heavy atom. The molecule has 6 heteroatoms. The van der Waals surface area contributed by atoms with Crippen LogP contribution in [0.2, 0.25) is 0 Å². The zero-order valence-electron chi connectivity index (χ0n) is 10.00. The highest BCUT2D eigenvalue weighted by Gasteiger charge is 2.07. The SMILES string of the molecule is CCOC(=O)CCn1nnc2ccccc2c1=O. The Morgan fingerprint density at radius 3 is 2.94 bits per heavy atom. The number of carbonyl (C=O) groups excluding carboxylic acids is 1. The van der Waals surface area contributed by atoms with E-state index in [9.17, 15) is 9.59 Å². The van der Waals surface area contributed by atoms with E-state index in [2.05, 4.69) is 10.3 Å². The van der Waals surface area contributed by atoms with Gasteiger partial charge in [-0.3, -0.25) is 9.59 Å². The molecule has 1 aromatic heterocycles. The lowest BCUT2D eigenvalue weighted by Gasteiger charge is -2.04. The van der Waals surface area contributed by atoms with Crippen LogP contribution in [0.3, 0.4) is 0 Å². The second kappa shape index (κ2) is 5.39. The van der Waals surface area contributed by atoms with E-state index in [1.807, 2.05) is 0 Å². The third kappa shape index (κ3) is 2.53. The second-order valence-electron chi connectivity index (χ2n) is 3.69. The van der Waals surface area contributed by atoms with Gasteiger partial charge in [-0.15, -0.1) is 5.10 Å². The highest BCUT2D eigenvalue weighted by atomic mass is 16.5. The van der Waals surface area contributed by atoms with Gasteiger partial charge in [-0.2, -0.15) is 0 Å². The van der Waals surface area contributed by atoms with Crippen molar-refractivity contribution in [1.82, 2.24) is 15.0 Å². The first-order valence-electron chi connectivity index (χ1n) is 5.70. The van der Waals surface area contributed by atoms with Crippen LogP contribution in [0.25, 0.3) is 10.9 Å². The lowest BCUT2D eigenvalue weighted by molar-refractivity contribution is -0.143. The van der Waals surface area contributed by atoms with Crippen LogP contribution >= 0.6 is 0 Å². The first-order valence-corrected chi connectivity index (χ1v) is 5.70. The summed E-state index contributed by atoms with van der Waals surface area (Å²) in [7, 11) is 0. The molecule has 0 N–H and O–H groups in total. The fraction of sp³-hybridized carbons (Fsp3) is 0.333. The third-order valence-electron chi connectivity index (χ3n) is 2.46. The molecular weight excluding hydrogens is 234 g/mol. The normalized spacial score (nSPS) is 10.5. The maximum Gasteiger partial charge on any atom is 0.307 e. The minimum atomic E-state index is -0.348. The third-order valence-corrected chi connectivity index (χ3v) is 2.46. The molecule has 0 aliphatic heterocycles. The first kappa shape index (κ1) is 12.2. The van der Waals surface area contributed by atoms with Crippen molar-refractivity contribution in [1.29, 1.82) is 0 Å². The van der Waals surface area contributed by atoms with E-state index in [1.165, 1.54) is 4.68 Å². The van der Waals surface area contributed by atoms with Gasteiger partial charge in [0.1, 0.15) is 5.52 Å². The molecule has 0 aliphatic carbocycles. The Morgan fingerprint density at radius 2 is 2.17 bits per heavy atom. The molecule has 18 heavy (non-hydrogen) atoms. The van der Waals surface area contributed by atoms with Crippen LogP contribution in [-0.4, -0.2) is 27.6 Å². The van der Waals surface area contributed by atoms with Crippen molar-refractivity contribution in [2.24, 2.45) is 0 Å². The Hall–Kier alpha value is -2.24. The van der Waals surface area contributed by atoms with Gasteiger partial charge >= 0.3 is 5.97 Å². The van der Waals surface area contributed by atoms with Gasteiger partial charge < -0.3 is 4.74 Å². The number of rotatable bonds is 4. The summed E-state index contributed by atoms with van der Waals surface area (Å²) in [5.74, 6) is -0.348. The number of ether oxygens (including phenoxy) is 1. The quantitative estimate of drug-likeness (QED) is 0.745. The Kier molecular flexibility index (Phi) is 3.66. The van der Waals surface area contributed by atoms with Crippen LogP contribution in [-0.2, 0) is 16.1 Å². The molecule has 6 nitrogen and oxygen atoms in total. The molecule has 0 saturated heterocycles. The van der Waals surface area contributed by atoms with Crippen molar-refractivity contribution in [3.8, 4) is 0 Å². The molecule has 94 valence electrons. The number of benzene rings is 1. The summed E-state index contributed by atoms with van der Waals surface area (Å²) in [5, 5.41) is 8.21. The minimum Gasteiger partial charge on any atom is -0.466 e. The molecule has 0 radical (unpaired) electrons. The van der Waals surface area contributed by atoms with E-state index in [0.29, 0.717) is 17.5 Å². The summed E-state index contributed by atoms with van der Waals surface area (Å²) >= 11 is 0. The molecule has 1 aromatic carbocycles. The molecule has 0 unspecified atom stereocenters. The molecule has 0 spiro atoms. The molecule has 0 amide bonds. The average Bonchev–Trinajstić information content (AvgIpc) is 2.39. The minimum absolute atomic E-state index is 0.112. The van der Waals surface area contributed by atoms with Crippen molar-refractivity contribution in [3.63, 3.8) is 0 Å². The van der Waals surface area contributed by atoms with Gasteiger partial charge in [-0.25, -0.2) is 4.68 Å². The van der Waals surface area contributed by atoms with Gasteiger partial charge in [0.25, 0.3) is 5.56 Å². The van der Waals surface area contributed by atoms with Gasteiger partial charge in [-0.1, -0.05) is 17.3 Å². The number of hydrogen-bond acceptors (Lipinski definition) is 5. The average molecular weight is 247 g/mol. The van der Waals surface area contributed by atoms with Gasteiger partial charge in [0, 0.05) is 0 Å². The Labute approximate surface area is 103 Å². The van der Waals surface area contributed by atoms with Gasteiger partial charge in [0.05, 0.1) is 25.0 Å². The number of fused-ring (bicyclic) bond motifs is 1. The number of esters is 1. The number of carbonyl (C=O) groups is 1. The lowest BCUT2D eigenvalue weighted by atomic mass is 10.2. The zero-order chi connectivity index (χ0) is 13.0. The second-order valence-corrected chi connectivity index (χ2v) is 3.69. The molecule has 0 fully saturated rings. The van der Waals surface area contributed by atoms with E-state index >= 15 is 0 Å². The molecule has 0 aliphatic rings. The largest absolute Gasteiger partial charge is 0.466 e. The fourth-order valence-electron chi connectivity index (χ4n) is 1.60. The van der Waals surface area contributed by atoms with Crippen LogP contribution in [0, 0.1) is 0 Å². The van der Waals surface area contributed by atoms with E-state index in [4.69, 9.17) is 4.74 Å². The molecule has 2 rings (SSSR count). The molecule has 0 bridgehead atoms. The van der Waals surface area contributed by atoms with Crippen molar-refractivity contribution >= 4 is 16.9 Å². The van der Waals surface area contributed by atoms with Gasteiger partial charge in [0.15, 0.2) is 0 Å². The highest BCUT2D eigenvalue weighted by molar-refractivity contribution is 5.76. The van der Waals surface area contributed by atoms with E-state index in [-0.39, 0.29) is 24.5 Å². The number of hydrogen-bond donors (Lipinski definition) is 0. The standard InChI is InChI=1S/C12H13N3O3/c1-2-18-11(16)7-8-15-12(17)9-5-3-4-6-10(9)13-14-15/h3-6H,2,7-8H2,1H3. The topological polar surface area (TPSA) is 74.1 Å². The summed E-state index contributed by atoms with van der Waals surface area (Å²) in [6.45, 7) is 2.24. The predicted octanol–water partition coefficient (Wildman–Crippen LogP) is 0.745. The summed E-state index contributed by atoms with van der Waals surface area (Å²) in [4.78, 5) is 23.2. The van der Waals surface area contributed by atoms with Crippen molar-refractivity contribution in [2.75, 3.05) is 6.61 Å². The highest BCUT2D eigenvalue weighted by Crippen LogP contribution is 2.03. The van der Waals surface area contributed by atoms with Crippen LogP contribution in [0.15, 0.2) is 29.1 Å². The number of nitrogens with zero attached hydrogens (tertiary/aromatic N) is 3. The maximum atomic E-state index is 12.0. The molecule has 2 aromatic rings. The maximum absolute atomic E-state index is 12.0. The van der Waals surface area contributed by atoms with Crippen LogP contribution in [0.1, 0.15) is 13.3 Å². The fourth-order valence-corrected chi connectivity index (χ4v) is 1.60. The summed E-state index contributed by atoms with van der Waals surface area (Å²) < 4.78 is 5.97. The number of aryl methyl sites for hydroxylation is 1.